The van der Waals surface area contributed by atoms with E-state index in [0.29, 0.717) is 24.9 Å². The van der Waals surface area contributed by atoms with E-state index < -0.39 is 5.82 Å². The second kappa shape index (κ2) is 7.79. The second-order valence-corrected chi connectivity index (χ2v) is 4.91. The van der Waals surface area contributed by atoms with Crippen LogP contribution in [0.2, 0.25) is 0 Å². The highest BCUT2D eigenvalue weighted by atomic mass is 19.1. The van der Waals surface area contributed by atoms with Crippen LogP contribution < -0.4 is 10.6 Å². The summed E-state index contributed by atoms with van der Waals surface area (Å²) >= 11 is 0. The van der Waals surface area contributed by atoms with Gasteiger partial charge in [0, 0.05) is 25.7 Å². The molecule has 6 heteroatoms. The lowest BCUT2D eigenvalue weighted by molar-refractivity contribution is 0.0948. The number of halogens is 1. The van der Waals surface area contributed by atoms with Crippen LogP contribution in [-0.4, -0.2) is 48.5 Å². The maximum absolute atomic E-state index is 13.2. The van der Waals surface area contributed by atoms with E-state index in [4.69, 9.17) is 0 Å². The smallest absolute Gasteiger partial charge is 0.255 e. The third-order valence-corrected chi connectivity index (χ3v) is 3.07. The van der Waals surface area contributed by atoms with Crippen LogP contribution in [0.3, 0.4) is 0 Å². The number of rotatable bonds is 7. The number of carbonyl (C=O) groups excluding carboxylic acids is 1. The monoisotopic (exact) mass is 282 g/mol. The second-order valence-electron chi connectivity index (χ2n) is 4.91. The fraction of sp³-hybridized carbons (Fsp3) is 0.571. The summed E-state index contributed by atoms with van der Waals surface area (Å²) in [6.45, 7) is 7.93. The lowest BCUT2D eigenvalue weighted by atomic mass is 10.2. The van der Waals surface area contributed by atoms with E-state index in [1.54, 1.807) is 0 Å². The number of aromatic nitrogens is 1. The highest BCUT2D eigenvalue weighted by Gasteiger charge is 2.13. The van der Waals surface area contributed by atoms with Crippen molar-refractivity contribution >= 4 is 11.7 Å². The molecule has 2 N–H and O–H groups in total. The first-order valence-electron chi connectivity index (χ1n) is 6.83. The first-order chi connectivity index (χ1) is 9.45. The van der Waals surface area contributed by atoms with Gasteiger partial charge in [0.25, 0.3) is 5.91 Å². The van der Waals surface area contributed by atoms with Gasteiger partial charge in [-0.1, -0.05) is 0 Å². The van der Waals surface area contributed by atoms with Gasteiger partial charge in [-0.05, 0) is 33.9 Å². The van der Waals surface area contributed by atoms with Crippen molar-refractivity contribution in [2.75, 3.05) is 32.0 Å². The Balaban J connectivity index is 2.65. The standard InChI is InChI=1S/C14H23FN4O/c1-5-16-13-12(8-11(15)9-18-13)14(20)17-6-7-19(4)10(2)3/h8-10H,5-7H2,1-4H3,(H,16,18)(H,17,20). The highest BCUT2D eigenvalue weighted by molar-refractivity contribution is 5.98. The van der Waals surface area contributed by atoms with E-state index in [1.165, 1.54) is 6.07 Å². The van der Waals surface area contributed by atoms with Crippen molar-refractivity contribution in [2.45, 2.75) is 26.8 Å². The Kier molecular flexibility index (Phi) is 6.38. The number of hydrogen-bond donors (Lipinski definition) is 2. The average Bonchev–Trinajstić information content (AvgIpc) is 2.40. The number of hydrogen-bond acceptors (Lipinski definition) is 4. The summed E-state index contributed by atoms with van der Waals surface area (Å²) in [4.78, 5) is 18.1. The van der Waals surface area contributed by atoms with Gasteiger partial charge in [-0.2, -0.15) is 0 Å². The molecule has 0 aliphatic rings. The number of likely N-dealkylation sites (N-methyl/N-ethyl adjacent to an activating group) is 1. The Morgan fingerprint density at radius 2 is 2.20 bits per heavy atom. The Morgan fingerprint density at radius 1 is 1.50 bits per heavy atom. The molecule has 0 aliphatic carbocycles. The molecule has 0 bridgehead atoms. The molecule has 112 valence electrons. The molecule has 0 atom stereocenters. The first-order valence-corrected chi connectivity index (χ1v) is 6.83. The first kappa shape index (κ1) is 16.4. The zero-order valence-corrected chi connectivity index (χ0v) is 12.5. The third kappa shape index (κ3) is 4.77. The Bertz CT molecular complexity index is 451. The predicted octanol–water partition coefficient (Wildman–Crippen LogP) is 1.72. The van der Waals surface area contributed by atoms with Gasteiger partial charge >= 0.3 is 0 Å². The molecule has 0 spiro atoms. The predicted molar refractivity (Wildman–Crippen MR) is 78.5 cm³/mol. The molecule has 0 aliphatic heterocycles. The summed E-state index contributed by atoms with van der Waals surface area (Å²) in [7, 11) is 1.99. The van der Waals surface area contributed by atoms with Crippen LogP contribution in [0.5, 0.6) is 0 Å². The SMILES string of the molecule is CCNc1ncc(F)cc1C(=O)NCCN(C)C(C)C. The molecule has 0 fully saturated rings. The summed E-state index contributed by atoms with van der Waals surface area (Å²) in [6.07, 6.45) is 1.10. The van der Waals surface area contributed by atoms with Gasteiger partial charge in [0.15, 0.2) is 0 Å². The van der Waals surface area contributed by atoms with Crippen LogP contribution in [0.1, 0.15) is 31.1 Å². The molecule has 0 unspecified atom stereocenters. The fourth-order valence-electron chi connectivity index (χ4n) is 1.62. The molecule has 1 aromatic rings. The molecule has 1 amide bonds. The molecule has 0 saturated heterocycles. The van der Waals surface area contributed by atoms with Crippen LogP contribution in [0, 0.1) is 5.82 Å². The zero-order chi connectivity index (χ0) is 15.1. The minimum absolute atomic E-state index is 0.235. The number of anilines is 1. The zero-order valence-electron chi connectivity index (χ0n) is 12.5. The lowest BCUT2D eigenvalue weighted by Gasteiger charge is -2.21. The van der Waals surface area contributed by atoms with Gasteiger partial charge in [-0.3, -0.25) is 4.79 Å². The molecule has 1 heterocycles. The maximum atomic E-state index is 13.2. The number of pyridine rings is 1. The number of nitrogens with zero attached hydrogens (tertiary/aromatic N) is 2. The number of carbonyl (C=O) groups is 1. The number of amides is 1. The molecule has 1 aromatic heterocycles. The largest absolute Gasteiger partial charge is 0.370 e. The van der Waals surface area contributed by atoms with Crippen LogP contribution in [0.4, 0.5) is 10.2 Å². The third-order valence-electron chi connectivity index (χ3n) is 3.07. The summed E-state index contributed by atoms with van der Waals surface area (Å²) < 4.78 is 13.2. The van der Waals surface area contributed by atoms with Gasteiger partial charge < -0.3 is 15.5 Å². The number of nitrogens with one attached hydrogen (secondary N) is 2. The molecule has 5 nitrogen and oxygen atoms in total. The van der Waals surface area contributed by atoms with Crippen LogP contribution in [0.15, 0.2) is 12.3 Å². The van der Waals surface area contributed by atoms with E-state index >= 15 is 0 Å². The molecular weight excluding hydrogens is 259 g/mol. The van der Waals surface area contributed by atoms with Crippen molar-refractivity contribution < 1.29 is 9.18 Å². The van der Waals surface area contributed by atoms with E-state index in [2.05, 4.69) is 34.4 Å². The quantitative estimate of drug-likeness (QED) is 0.799. The van der Waals surface area contributed by atoms with E-state index in [1.807, 2.05) is 14.0 Å². The summed E-state index contributed by atoms with van der Waals surface area (Å²) in [5, 5.41) is 5.74. The van der Waals surface area contributed by atoms with Crippen LogP contribution in [-0.2, 0) is 0 Å². The fourth-order valence-corrected chi connectivity index (χ4v) is 1.62. The molecule has 20 heavy (non-hydrogen) atoms. The van der Waals surface area contributed by atoms with Gasteiger partial charge in [0.1, 0.15) is 11.6 Å². The van der Waals surface area contributed by atoms with Crippen molar-refractivity contribution in [3.8, 4) is 0 Å². The van der Waals surface area contributed by atoms with Gasteiger partial charge in [0.2, 0.25) is 0 Å². The molecule has 0 radical (unpaired) electrons. The summed E-state index contributed by atoms with van der Waals surface area (Å²) in [6, 6.07) is 1.62. The van der Waals surface area contributed by atoms with Crippen LogP contribution in [0.25, 0.3) is 0 Å². The van der Waals surface area contributed by atoms with Gasteiger partial charge in [0.05, 0.1) is 11.8 Å². The van der Waals surface area contributed by atoms with Crippen molar-refractivity contribution in [3.63, 3.8) is 0 Å². The van der Waals surface area contributed by atoms with E-state index in [-0.39, 0.29) is 11.5 Å². The van der Waals surface area contributed by atoms with Crippen molar-refractivity contribution in [3.05, 3.63) is 23.6 Å². The molecule has 0 aromatic carbocycles. The van der Waals surface area contributed by atoms with Crippen molar-refractivity contribution in [2.24, 2.45) is 0 Å². The van der Waals surface area contributed by atoms with E-state index in [9.17, 15) is 9.18 Å². The van der Waals surface area contributed by atoms with Crippen LogP contribution >= 0.6 is 0 Å². The maximum Gasteiger partial charge on any atom is 0.255 e. The minimum Gasteiger partial charge on any atom is -0.370 e. The Hall–Kier alpha value is -1.69. The minimum atomic E-state index is -0.517. The normalized spacial score (nSPS) is 10.9. The highest BCUT2D eigenvalue weighted by Crippen LogP contribution is 2.13. The van der Waals surface area contributed by atoms with Crippen molar-refractivity contribution in [1.29, 1.82) is 0 Å². The summed E-state index contributed by atoms with van der Waals surface area (Å²) in [5.74, 6) is -0.426. The summed E-state index contributed by atoms with van der Waals surface area (Å²) in [5.41, 5.74) is 0.235. The average molecular weight is 282 g/mol. The Morgan fingerprint density at radius 3 is 2.80 bits per heavy atom. The lowest BCUT2D eigenvalue weighted by Crippen LogP contribution is -2.36. The Labute approximate surface area is 119 Å². The molecular formula is C14H23FN4O. The van der Waals surface area contributed by atoms with Gasteiger partial charge in [-0.25, -0.2) is 9.37 Å². The molecule has 0 saturated carbocycles. The van der Waals surface area contributed by atoms with Gasteiger partial charge in [-0.15, -0.1) is 0 Å². The topological polar surface area (TPSA) is 57.3 Å². The van der Waals surface area contributed by atoms with E-state index in [0.717, 1.165) is 12.7 Å². The molecule has 1 rings (SSSR count). The van der Waals surface area contributed by atoms with Crippen molar-refractivity contribution in [1.82, 2.24) is 15.2 Å².